The van der Waals surface area contributed by atoms with Gasteiger partial charge in [0.2, 0.25) is 0 Å². The predicted molar refractivity (Wildman–Crippen MR) is 75.5 cm³/mol. The minimum atomic E-state index is -4.27. The SMILES string of the molecule is Cc1c(CC(=O)c2ccccc2)cccc1S(=O)(=O)O. The lowest BCUT2D eigenvalue weighted by Crippen LogP contribution is -2.08. The van der Waals surface area contributed by atoms with Crippen LogP contribution in [-0.4, -0.2) is 18.8 Å². The van der Waals surface area contributed by atoms with Crippen LogP contribution in [0.4, 0.5) is 0 Å². The van der Waals surface area contributed by atoms with Gasteiger partial charge in [-0.15, -0.1) is 0 Å². The number of Topliss-reactive ketones (excluding diaryl/α,β-unsaturated/α-hetero) is 1. The standard InChI is InChI=1S/C15H14O4S/c1-11-13(8-5-9-15(11)20(17,18)19)10-14(16)12-6-3-2-4-7-12/h2-9H,10H2,1H3,(H,17,18,19). The Labute approximate surface area is 117 Å². The first kappa shape index (κ1) is 14.4. The molecule has 2 aromatic rings. The molecule has 2 aromatic carbocycles. The van der Waals surface area contributed by atoms with Crippen molar-refractivity contribution >= 4 is 15.9 Å². The van der Waals surface area contributed by atoms with Gasteiger partial charge in [-0.3, -0.25) is 9.35 Å². The quantitative estimate of drug-likeness (QED) is 0.694. The topological polar surface area (TPSA) is 71.4 Å². The van der Waals surface area contributed by atoms with E-state index >= 15 is 0 Å². The van der Waals surface area contributed by atoms with Crippen molar-refractivity contribution < 1.29 is 17.8 Å². The zero-order valence-corrected chi connectivity index (χ0v) is 11.7. The number of carbonyl (C=O) groups excluding carboxylic acids is 1. The van der Waals surface area contributed by atoms with E-state index in [0.29, 0.717) is 16.7 Å². The summed E-state index contributed by atoms with van der Waals surface area (Å²) in [5.41, 5.74) is 1.57. The molecular weight excluding hydrogens is 276 g/mol. The fourth-order valence-electron chi connectivity index (χ4n) is 2.03. The molecule has 0 fully saturated rings. The highest BCUT2D eigenvalue weighted by molar-refractivity contribution is 7.85. The van der Waals surface area contributed by atoms with Crippen molar-refractivity contribution in [3.63, 3.8) is 0 Å². The van der Waals surface area contributed by atoms with Crippen molar-refractivity contribution in [2.75, 3.05) is 0 Å². The lowest BCUT2D eigenvalue weighted by atomic mass is 9.99. The highest BCUT2D eigenvalue weighted by Gasteiger charge is 2.16. The van der Waals surface area contributed by atoms with Gasteiger partial charge in [0, 0.05) is 12.0 Å². The molecule has 1 N–H and O–H groups in total. The summed E-state index contributed by atoms with van der Waals surface area (Å²) in [5.74, 6) is -0.0961. The molecule has 0 bridgehead atoms. The third-order valence-corrected chi connectivity index (χ3v) is 4.12. The van der Waals surface area contributed by atoms with Gasteiger partial charge in [-0.25, -0.2) is 0 Å². The summed E-state index contributed by atoms with van der Waals surface area (Å²) in [6.07, 6.45) is 0.0964. The number of hydrogen-bond donors (Lipinski definition) is 1. The second kappa shape index (κ2) is 5.56. The first-order chi connectivity index (χ1) is 9.39. The maximum atomic E-state index is 12.1. The van der Waals surface area contributed by atoms with Crippen LogP contribution in [0.1, 0.15) is 21.5 Å². The second-order valence-corrected chi connectivity index (χ2v) is 5.87. The smallest absolute Gasteiger partial charge is 0.294 e. The fourth-order valence-corrected chi connectivity index (χ4v) is 2.80. The van der Waals surface area contributed by atoms with Crippen LogP contribution in [0.3, 0.4) is 0 Å². The molecule has 0 aliphatic heterocycles. The molecule has 0 spiro atoms. The van der Waals surface area contributed by atoms with Crippen LogP contribution in [0.5, 0.6) is 0 Å². The maximum absolute atomic E-state index is 12.1. The molecule has 0 aliphatic rings. The third-order valence-electron chi connectivity index (χ3n) is 3.12. The Morgan fingerprint density at radius 2 is 1.70 bits per heavy atom. The summed E-state index contributed by atoms with van der Waals surface area (Å²) in [4.78, 5) is 12.0. The van der Waals surface area contributed by atoms with Crippen LogP contribution in [0, 0.1) is 6.92 Å². The average molecular weight is 290 g/mol. The normalized spacial score (nSPS) is 11.3. The average Bonchev–Trinajstić information content (AvgIpc) is 2.40. The van der Waals surface area contributed by atoms with E-state index in [1.54, 1.807) is 37.3 Å². The van der Waals surface area contributed by atoms with Gasteiger partial charge in [-0.05, 0) is 24.1 Å². The minimum absolute atomic E-state index is 0.0961. The van der Waals surface area contributed by atoms with Crippen LogP contribution in [-0.2, 0) is 16.5 Å². The molecule has 104 valence electrons. The van der Waals surface area contributed by atoms with Crippen molar-refractivity contribution in [2.45, 2.75) is 18.2 Å². The lowest BCUT2D eigenvalue weighted by Gasteiger charge is -2.09. The predicted octanol–water partition coefficient (Wildman–Crippen LogP) is 2.67. The van der Waals surface area contributed by atoms with Crippen LogP contribution >= 0.6 is 0 Å². The molecule has 0 saturated heterocycles. The van der Waals surface area contributed by atoms with E-state index in [2.05, 4.69) is 0 Å². The van der Waals surface area contributed by atoms with Gasteiger partial charge >= 0.3 is 0 Å². The first-order valence-corrected chi connectivity index (χ1v) is 7.48. The molecule has 0 radical (unpaired) electrons. The Morgan fingerprint density at radius 3 is 2.30 bits per heavy atom. The number of benzene rings is 2. The Morgan fingerprint density at radius 1 is 1.05 bits per heavy atom. The number of hydrogen-bond acceptors (Lipinski definition) is 3. The molecule has 4 nitrogen and oxygen atoms in total. The van der Waals surface area contributed by atoms with Crippen molar-refractivity contribution in [1.82, 2.24) is 0 Å². The van der Waals surface area contributed by atoms with Crippen LogP contribution in [0.2, 0.25) is 0 Å². The highest BCUT2D eigenvalue weighted by Crippen LogP contribution is 2.20. The molecule has 0 aliphatic carbocycles. The molecular formula is C15H14O4S. The van der Waals surface area contributed by atoms with Gasteiger partial charge in [0.25, 0.3) is 10.1 Å². The molecule has 20 heavy (non-hydrogen) atoms. The van der Waals surface area contributed by atoms with E-state index in [-0.39, 0.29) is 17.1 Å². The van der Waals surface area contributed by atoms with Crippen molar-refractivity contribution in [3.05, 3.63) is 65.2 Å². The number of rotatable bonds is 4. The third kappa shape index (κ3) is 3.12. The van der Waals surface area contributed by atoms with Crippen LogP contribution in [0.15, 0.2) is 53.4 Å². The summed E-state index contributed by atoms with van der Waals surface area (Å²) in [5, 5.41) is 0. The largest absolute Gasteiger partial charge is 0.294 e. The van der Waals surface area contributed by atoms with Gasteiger partial charge in [-0.2, -0.15) is 8.42 Å². The summed E-state index contributed by atoms with van der Waals surface area (Å²) in [6.45, 7) is 1.58. The summed E-state index contributed by atoms with van der Waals surface area (Å²) in [6, 6.07) is 13.3. The van der Waals surface area contributed by atoms with Gasteiger partial charge in [0.1, 0.15) is 0 Å². The molecule has 0 heterocycles. The Balaban J connectivity index is 2.34. The Kier molecular flexibility index (Phi) is 4.01. The van der Waals surface area contributed by atoms with Gasteiger partial charge in [-0.1, -0.05) is 42.5 Å². The molecule has 0 unspecified atom stereocenters. The molecule has 0 atom stereocenters. The zero-order valence-electron chi connectivity index (χ0n) is 10.9. The lowest BCUT2D eigenvalue weighted by molar-refractivity contribution is 0.0992. The second-order valence-electron chi connectivity index (χ2n) is 4.48. The van der Waals surface area contributed by atoms with Gasteiger partial charge in [0.05, 0.1) is 4.90 Å². The molecule has 0 aromatic heterocycles. The molecule has 2 rings (SSSR count). The van der Waals surface area contributed by atoms with E-state index in [4.69, 9.17) is 4.55 Å². The van der Waals surface area contributed by atoms with Crippen LogP contribution in [0.25, 0.3) is 0 Å². The van der Waals surface area contributed by atoms with Crippen LogP contribution < -0.4 is 0 Å². The zero-order chi connectivity index (χ0) is 14.8. The number of carbonyl (C=O) groups is 1. The van der Waals surface area contributed by atoms with Crippen molar-refractivity contribution in [3.8, 4) is 0 Å². The van der Waals surface area contributed by atoms with Crippen molar-refractivity contribution in [2.24, 2.45) is 0 Å². The van der Waals surface area contributed by atoms with E-state index in [9.17, 15) is 13.2 Å². The molecule has 0 amide bonds. The summed E-state index contributed by atoms with van der Waals surface area (Å²) in [7, 11) is -4.27. The van der Waals surface area contributed by atoms with Gasteiger partial charge in [0.15, 0.2) is 5.78 Å². The Bertz CT molecular complexity index is 734. The van der Waals surface area contributed by atoms with Crippen molar-refractivity contribution in [1.29, 1.82) is 0 Å². The minimum Gasteiger partial charge on any atom is -0.294 e. The Hall–Kier alpha value is -1.98. The monoisotopic (exact) mass is 290 g/mol. The van der Waals surface area contributed by atoms with E-state index in [1.807, 2.05) is 6.07 Å². The summed E-state index contributed by atoms with van der Waals surface area (Å²) < 4.78 is 31.6. The van der Waals surface area contributed by atoms with E-state index in [0.717, 1.165) is 0 Å². The molecule has 0 saturated carbocycles. The summed E-state index contributed by atoms with van der Waals surface area (Å²) >= 11 is 0. The molecule has 5 heteroatoms. The van der Waals surface area contributed by atoms with E-state index < -0.39 is 10.1 Å². The van der Waals surface area contributed by atoms with E-state index in [1.165, 1.54) is 12.1 Å². The highest BCUT2D eigenvalue weighted by atomic mass is 32.2. The fraction of sp³-hybridized carbons (Fsp3) is 0.133. The maximum Gasteiger partial charge on any atom is 0.294 e. The number of ketones is 1. The van der Waals surface area contributed by atoms with Gasteiger partial charge < -0.3 is 0 Å². The first-order valence-electron chi connectivity index (χ1n) is 6.04.